The van der Waals surface area contributed by atoms with E-state index < -0.39 is 0 Å². The molecule has 0 atom stereocenters. The number of pyridine rings is 1. The standard InChI is InChI=1S/C20H19BrNO.HI/c1-14-12-17(15-6-10-19(23-3)11-7-15)13-20(22(14)2)16-4-8-18(21)9-5-16;/h4-13H,1-3H3;1H/q+1;/p-1. The first-order valence-electron chi connectivity index (χ1n) is 7.49. The molecule has 0 spiro atoms. The van der Waals surface area contributed by atoms with E-state index in [9.17, 15) is 0 Å². The second-order valence-corrected chi connectivity index (χ2v) is 6.48. The molecular formula is C20H19BrINO. The van der Waals surface area contributed by atoms with Crippen LogP contribution in [0.2, 0.25) is 0 Å². The van der Waals surface area contributed by atoms with Crippen LogP contribution in [0.3, 0.4) is 0 Å². The fourth-order valence-corrected chi connectivity index (χ4v) is 2.91. The Morgan fingerprint density at radius 2 is 1.42 bits per heavy atom. The van der Waals surface area contributed by atoms with Crippen molar-refractivity contribution in [3.05, 3.63) is 70.8 Å². The van der Waals surface area contributed by atoms with Crippen molar-refractivity contribution in [1.82, 2.24) is 0 Å². The Morgan fingerprint density at radius 3 is 2.00 bits per heavy atom. The molecule has 0 aliphatic carbocycles. The highest BCUT2D eigenvalue weighted by Crippen LogP contribution is 2.27. The van der Waals surface area contributed by atoms with Gasteiger partial charge < -0.3 is 28.7 Å². The molecule has 0 aliphatic heterocycles. The van der Waals surface area contributed by atoms with E-state index in [2.05, 4.69) is 83.0 Å². The molecular weight excluding hydrogens is 477 g/mol. The van der Waals surface area contributed by atoms with E-state index in [-0.39, 0.29) is 24.0 Å². The van der Waals surface area contributed by atoms with Gasteiger partial charge in [-0.1, -0.05) is 28.1 Å². The number of rotatable bonds is 3. The van der Waals surface area contributed by atoms with Crippen LogP contribution in [0.5, 0.6) is 5.75 Å². The third-order valence-electron chi connectivity index (χ3n) is 4.11. The van der Waals surface area contributed by atoms with Crippen molar-refractivity contribution >= 4 is 15.9 Å². The molecule has 1 aromatic heterocycles. The summed E-state index contributed by atoms with van der Waals surface area (Å²) in [7, 11) is 3.79. The maximum atomic E-state index is 5.24. The second kappa shape index (κ2) is 8.12. The Hall–Kier alpha value is -1.40. The minimum Gasteiger partial charge on any atom is -1.00 e. The number of nitrogens with zero attached hydrogens (tertiary/aromatic N) is 1. The first-order chi connectivity index (χ1) is 11.1. The Kier molecular flexibility index (Phi) is 6.40. The van der Waals surface area contributed by atoms with E-state index in [1.807, 2.05) is 12.1 Å². The highest BCUT2D eigenvalue weighted by molar-refractivity contribution is 9.10. The van der Waals surface area contributed by atoms with Crippen LogP contribution in [-0.2, 0) is 7.05 Å². The molecule has 0 fully saturated rings. The van der Waals surface area contributed by atoms with Crippen LogP contribution in [-0.4, -0.2) is 7.11 Å². The van der Waals surface area contributed by atoms with E-state index in [1.54, 1.807) is 7.11 Å². The zero-order chi connectivity index (χ0) is 16.4. The van der Waals surface area contributed by atoms with Gasteiger partial charge in [0.15, 0.2) is 5.69 Å². The number of methoxy groups -OCH3 is 1. The van der Waals surface area contributed by atoms with Gasteiger partial charge in [-0.3, -0.25) is 0 Å². The van der Waals surface area contributed by atoms with Crippen molar-refractivity contribution in [3.63, 3.8) is 0 Å². The monoisotopic (exact) mass is 495 g/mol. The number of ether oxygens (including phenoxy) is 1. The van der Waals surface area contributed by atoms with Gasteiger partial charge in [-0.2, -0.15) is 4.57 Å². The summed E-state index contributed by atoms with van der Waals surface area (Å²) in [4.78, 5) is 0. The first-order valence-corrected chi connectivity index (χ1v) is 8.29. The molecule has 0 N–H and O–H groups in total. The first kappa shape index (κ1) is 18.9. The van der Waals surface area contributed by atoms with Gasteiger partial charge in [0.05, 0.1) is 7.11 Å². The lowest BCUT2D eigenvalue weighted by Crippen LogP contribution is -3.00. The van der Waals surface area contributed by atoms with Crippen LogP contribution in [0, 0.1) is 6.92 Å². The zero-order valence-corrected chi connectivity index (χ0v) is 17.6. The molecule has 124 valence electrons. The lowest BCUT2D eigenvalue weighted by molar-refractivity contribution is -0.666. The van der Waals surface area contributed by atoms with Crippen molar-refractivity contribution in [2.75, 3.05) is 7.11 Å². The Bertz CT molecular complexity index is 830. The third-order valence-corrected chi connectivity index (χ3v) is 4.64. The molecule has 0 unspecified atom stereocenters. The van der Waals surface area contributed by atoms with Gasteiger partial charge in [-0.05, 0) is 47.5 Å². The normalized spacial score (nSPS) is 10.2. The quantitative estimate of drug-likeness (QED) is 0.400. The molecule has 3 aromatic rings. The van der Waals surface area contributed by atoms with E-state index in [0.29, 0.717) is 0 Å². The van der Waals surface area contributed by atoms with E-state index in [4.69, 9.17) is 4.74 Å². The van der Waals surface area contributed by atoms with Gasteiger partial charge in [0.25, 0.3) is 0 Å². The van der Waals surface area contributed by atoms with Crippen molar-refractivity contribution in [3.8, 4) is 28.1 Å². The van der Waals surface area contributed by atoms with Crippen molar-refractivity contribution in [1.29, 1.82) is 0 Å². The predicted molar refractivity (Wildman–Crippen MR) is 97.5 cm³/mol. The summed E-state index contributed by atoms with van der Waals surface area (Å²) in [6.45, 7) is 2.13. The van der Waals surface area contributed by atoms with E-state index in [1.165, 1.54) is 28.1 Å². The van der Waals surface area contributed by atoms with Crippen molar-refractivity contribution in [2.45, 2.75) is 6.92 Å². The number of hydrogen-bond acceptors (Lipinski definition) is 1. The van der Waals surface area contributed by atoms with E-state index in [0.717, 1.165) is 10.2 Å². The van der Waals surface area contributed by atoms with Crippen molar-refractivity contribution < 1.29 is 33.3 Å². The molecule has 0 amide bonds. The van der Waals surface area contributed by atoms with Crippen LogP contribution >= 0.6 is 15.9 Å². The summed E-state index contributed by atoms with van der Waals surface area (Å²) in [5.74, 6) is 0.875. The highest BCUT2D eigenvalue weighted by Gasteiger charge is 2.15. The van der Waals surface area contributed by atoms with Gasteiger partial charge in [0.2, 0.25) is 5.69 Å². The fourth-order valence-electron chi connectivity index (χ4n) is 2.65. The zero-order valence-electron chi connectivity index (χ0n) is 13.9. The molecule has 0 bridgehead atoms. The SMILES string of the molecule is COc1ccc(-c2cc(C)[n+](C)c(-c3ccc(Br)cc3)c2)cc1.[I-]. The van der Waals surface area contributed by atoms with Crippen LogP contribution in [0.1, 0.15) is 5.69 Å². The molecule has 4 heteroatoms. The molecule has 0 aliphatic rings. The Labute approximate surface area is 168 Å². The Morgan fingerprint density at radius 1 is 0.833 bits per heavy atom. The van der Waals surface area contributed by atoms with Gasteiger partial charge in [0, 0.05) is 29.1 Å². The molecule has 3 rings (SSSR count). The summed E-state index contributed by atoms with van der Waals surface area (Å²) in [6, 6.07) is 21.1. The summed E-state index contributed by atoms with van der Waals surface area (Å²) < 4.78 is 8.55. The highest BCUT2D eigenvalue weighted by atomic mass is 127. The third kappa shape index (κ3) is 3.98. The van der Waals surface area contributed by atoms with Crippen LogP contribution in [0.25, 0.3) is 22.4 Å². The van der Waals surface area contributed by atoms with Gasteiger partial charge in [-0.15, -0.1) is 0 Å². The summed E-state index contributed by atoms with van der Waals surface area (Å²) >= 11 is 3.50. The lowest BCUT2D eigenvalue weighted by Gasteiger charge is -2.08. The summed E-state index contributed by atoms with van der Waals surface area (Å²) in [5.41, 5.74) is 6.02. The second-order valence-electron chi connectivity index (χ2n) is 5.57. The number of aryl methyl sites for hydroxylation is 1. The topological polar surface area (TPSA) is 13.1 Å². The minimum absolute atomic E-state index is 0. The van der Waals surface area contributed by atoms with Crippen molar-refractivity contribution in [2.24, 2.45) is 7.05 Å². The predicted octanol–water partition coefficient (Wildman–Crippen LogP) is 1.93. The smallest absolute Gasteiger partial charge is 0.213 e. The number of aromatic nitrogens is 1. The van der Waals surface area contributed by atoms with E-state index >= 15 is 0 Å². The average molecular weight is 496 g/mol. The molecule has 24 heavy (non-hydrogen) atoms. The molecule has 1 heterocycles. The largest absolute Gasteiger partial charge is 1.00 e. The minimum atomic E-state index is 0. The maximum absolute atomic E-state index is 5.24. The van der Waals surface area contributed by atoms with Crippen LogP contribution in [0.4, 0.5) is 0 Å². The van der Waals surface area contributed by atoms with Crippen LogP contribution in [0.15, 0.2) is 65.1 Å². The summed E-state index contributed by atoms with van der Waals surface area (Å²) in [5, 5.41) is 0. The summed E-state index contributed by atoms with van der Waals surface area (Å²) in [6.07, 6.45) is 0. The molecule has 2 aromatic carbocycles. The number of hydrogen-bond donors (Lipinski definition) is 0. The Balaban J connectivity index is 0.00000208. The number of benzene rings is 2. The average Bonchev–Trinajstić information content (AvgIpc) is 2.58. The van der Waals surface area contributed by atoms with Crippen LogP contribution < -0.4 is 33.3 Å². The number of halogens is 2. The maximum Gasteiger partial charge on any atom is 0.213 e. The molecule has 0 radical (unpaired) electrons. The molecule has 0 saturated carbocycles. The van der Waals surface area contributed by atoms with Gasteiger partial charge in [0.1, 0.15) is 12.8 Å². The lowest BCUT2D eigenvalue weighted by atomic mass is 10.0. The fraction of sp³-hybridized carbons (Fsp3) is 0.150. The molecule has 2 nitrogen and oxygen atoms in total. The molecule has 0 saturated heterocycles. The van der Waals surface area contributed by atoms with Gasteiger partial charge in [-0.25, -0.2) is 0 Å². The van der Waals surface area contributed by atoms with Gasteiger partial charge >= 0.3 is 0 Å².